The molecule has 2 aromatic heterocycles. The van der Waals surface area contributed by atoms with Crippen molar-refractivity contribution in [1.82, 2.24) is 19.3 Å². The number of para-hydroxylation sites is 1. The van der Waals surface area contributed by atoms with Crippen LogP contribution >= 0.6 is 0 Å². The summed E-state index contributed by atoms with van der Waals surface area (Å²) in [6.07, 6.45) is 9.33. The second-order valence-electron chi connectivity index (χ2n) is 7.47. The maximum absolute atomic E-state index is 12.6. The number of amides is 1. The SMILES string of the molecule is Cc1cccc2c(=O)n(CCC(=O)Nc3ccnn3C3CCCCC3)cnc12. The third-order valence-corrected chi connectivity index (χ3v) is 5.49. The Hall–Kier alpha value is -2.96. The van der Waals surface area contributed by atoms with Gasteiger partial charge < -0.3 is 5.32 Å². The van der Waals surface area contributed by atoms with Gasteiger partial charge in [0.1, 0.15) is 5.82 Å². The van der Waals surface area contributed by atoms with Crippen molar-refractivity contribution >= 4 is 22.6 Å². The summed E-state index contributed by atoms with van der Waals surface area (Å²) in [6, 6.07) is 7.75. The topological polar surface area (TPSA) is 81.8 Å². The van der Waals surface area contributed by atoms with Gasteiger partial charge in [0.05, 0.1) is 29.5 Å². The molecule has 1 fully saturated rings. The molecule has 1 aliphatic rings. The van der Waals surface area contributed by atoms with Crippen LogP contribution in [0.2, 0.25) is 0 Å². The molecule has 4 rings (SSSR count). The molecule has 0 unspecified atom stereocenters. The normalized spacial score (nSPS) is 15.0. The lowest BCUT2D eigenvalue weighted by molar-refractivity contribution is -0.116. The Bertz CT molecular complexity index is 1050. The Morgan fingerprint density at radius 2 is 2.04 bits per heavy atom. The van der Waals surface area contributed by atoms with E-state index in [9.17, 15) is 9.59 Å². The van der Waals surface area contributed by atoms with Gasteiger partial charge in [-0.25, -0.2) is 9.67 Å². The molecular formula is C21H25N5O2. The van der Waals surface area contributed by atoms with Crippen LogP contribution in [0.1, 0.15) is 50.1 Å². The molecule has 28 heavy (non-hydrogen) atoms. The first kappa shape index (κ1) is 18.4. The molecule has 0 saturated heterocycles. The van der Waals surface area contributed by atoms with Gasteiger partial charge in [0.15, 0.2) is 0 Å². The predicted octanol–water partition coefficient (Wildman–Crippen LogP) is 3.44. The molecule has 0 radical (unpaired) electrons. The number of hydrogen-bond donors (Lipinski definition) is 1. The van der Waals surface area contributed by atoms with Crippen LogP contribution in [-0.4, -0.2) is 25.2 Å². The summed E-state index contributed by atoms with van der Waals surface area (Å²) in [5, 5.41) is 7.94. The highest BCUT2D eigenvalue weighted by Gasteiger charge is 2.19. The number of aryl methyl sites for hydroxylation is 2. The Labute approximate surface area is 163 Å². The van der Waals surface area contributed by atoms with E-state index in [4.69, 9.17) is 0 Å². The Morgan fingerprint density at radius 1 is 1.21 bits per heavy atom. The second kappa shape index (κ2) is 7.96. The zero-order chi connectivity index (χ0) is 19.5. The first-order chi connectivity index (χ1) is 13.6. The van der Waals surface area contributed by atoms with E-state index < -0.39 is 0 Å². The fourth-order valence-corrected chi connectivity index (χ4v) is 3.95. The third kappa shape index (κ3) is 3.69. The van der Waals surface area contributed by atoms with E-state index in [1.165, 1.54) is 30.2 Å². The van der Waals surface area contributed by atoms with E-state index in [-0.39, 0.29) is 17.9 Å². The van der Waals surface area contributed by atoms with Crippen LogP contribution in [0.4, 0.5) is 5.82 Å². The lowest BCUT2D eigenvalue weighted by Crippen LogP contribution is -2.25. The van der Waals surface area contributed by atoms with Crippen molar-refractivity contribution in [2.45, 2.75) is 58.0 Å². The molecule has 1 amide bonds. The van der Waals surface area contributed by atoms with E-state index >= 15 is 0 Å². The monoisotopic (exact) mass is 379 g/mol. The minimum atomic E-state index is -0.131. The number of rotatable bonds is 5. The molecule has 146 valence electrons. The summed E-state index contributed by atoms with van der Waals surface area (Å²) in [7, 11) is 0. The minimum Gasteiger partial charge on any atom is -0.311 e. The second-order valence-corrected chi connectivity index (χ2v) is 7.47. The summed E-state index contributed by atoms with van der Waals surface area (Å²) >= 11 is 0. The Kier molecular flexibility index (Phi) is 5.23. The van der Waals surface area contributed by atoms with Crippen molar-refractivity contribution in [3.05, 3.63) is 52.7 Å². The summed E-state index contributed by atoms with van der Waals surface area (Å²) in [5.74, 6) is 0.602. The van der Waals surface area contributed by atoms with E-state index in [1.807, 2.05) is 29.8 Å². The number of nitrogens with one attached hydrogen (secondary N) is 1. The highest BCUT2D eigenvalue weighted by molar-refractivity contribution is 5.89. The molecule has 0 spiro atoms. The van der Waals surface area contributed by atoms with Gasteiger partial charge in [0.25, 0.3) is 5.56 Å². The maximum atomic E-state index is 12.6. The van der Waals surface area contributed by atoms with Crippen LogP contribution in [0.25, 0.3) is 10.9 Å². The van der Waals surface area contributed by atoms with Crippen molar-refractivity contribution in [2.24, 2.45) is 0 Å². The molecule has 1 saturated carbocycles. The number of nitrogens with zero attached hydrogens (tertiary/aromatic N) is 4. The number of anilines is 1. The lowest BCUT2D eigenvalue weighted by Gasteiger charge is -2.23. The number of benzene rings is 1. The van der Waals surface area contributed by atoms with Crippen LogP contribution in [0.15, 0.2) is 41.6 Å². The van der Waals surface area contributed by atoms with E-state index in [0.29, 0.717) is 23.5 Å². The van der Waals surface area contributed by atoms with Crippen molar-refractivity contribution in [3.63, 3.8) is 0 Å². The van der Waals surface area contributed by atoms with Gasteiger partial charge in [-0.2, -0.15) is 5.10 Å². The number of hydrogen-bond acceptors (Lipinski definition) is 4. The standard InChI is InChI=1S/C21H25N5O2/c1-15-6-5-9-17-20(15)22-14-25(21(17)28)13-11-19(27)24-18-10-12-23-26(18)16-7-3-2-4-8-16/h5-6,9-10,12,14,16H,2-4,7-8,11,13H2,1H3,(H,24,27). The molecule has 7 heteroatoms. The third-order valence-electron chi connectivity index (χ3n) is 5.49. The molecule has 1 aliphatic carbocycles. The van der Waals surface area contributed by atoms with Crippen LogP contribution in [0.3, 0.4) is 0 Å². The van der Waals surface area contributed by atoms with Gasteiger partial charge >= 0.3 is 0 Å². The average Bonchev–Trinajstić information content (AvgIpc) is 3.17. The lowest BCUT2D eigenvalue weighted by atomic mass is 9.96. The molecular weight excluding hydrogens is 354 g/mol. The van der Waals surface area contributed by atoms with Crippen molar-refractivity contribution in [2.75, 3.05) is 5.32 Å². The van der Waals surface area contributed by atoms with Crippen molar-refractivity contribution in [3.8, 4) is 0 Å². The van der Waals surface area contributed by atoms with Crippen LogP contribution in [0, 0.1) is 6.92 Å². The Balaban J connectivity index is 1.43. The van der Waals surface area contributed by atoms with Gasteiger partial charge in [-0.15, -0.1) is 0 Å². The van der Waals surface area contributed by atoms with Crippen molar-refractivity contribution in [1.29, 1.82) is 0 Å². The minimum absolute atomic E-state index is 0.117. The molecule has 0 atom stereocenters. The average molecular weight is 379 g/mol. The van der Waals surface area contributed by atoms with Crippen LogP contribution in [0.5, 0.6) is 0 Å². The molecule has 1 aromatic carbocycles. The Morgan fingerprint density at radius 3 is 2.86 bits per heavy atom. The highest BCUT2D eigenvalue weighted by Crippen LogP contribution is 2.29. The molecule has 1 N–H and O–H groups in total. The smallest absolute Gasteiger partial charge is 0.261 e. The summed E-state index contributed by atoms with van der Waals surface area (Å²) in [6.45, 7) is 2.22. The zero-order valence-corrected chi connectivity index (χ0v) is 16.1. The molecule has 7 nitrogen and oxygen atoms in total. The molecule has 3 aromatic rings. The van der Waals surface area contributed by atoms with Gasteiger partial charge in [-0.05, 0) is 31.4 Å². The van der Waals surface area contributed by atoms with Crippen LogP contribution in [-0.2, 0) is 11.3 Å². The molecule has 2 heterocycles. The summed E-state index contributed by atoms with van der Waals surface area (Å²) < 4.78 is 3.43. The van der Waals surface area contributed by atoms with Gasteiger partial charge in [0, 0.05) is 19.0 Å². The summed E-state index contributed by atoms with van der Waals surface area (Å²) in [4.78, 5) is 29.5. The van der Waals surface area contributed by atoms with Gasteiger partial charge in [0.2, 0.25) is 5.91 Å². The number of carbonyl (C=O) groups excluding carboxylic acids is 1. The molecule has 0 aliphatic heterocycles. The quantitative estimate of drug-likeness (QED) is 0.736. The number of fused-ring (bicyclic) bond motifs is 1. The van der Waals surface area contributed by atoms with E-state index in [1.54, 1.807) is 12.3 Å². The summed E-state index contributed by atoms with van der Waals surface area (Å²) in [5.41, 5.74) is 1.56. The maximum Gasteiger partial charge on any atom is 0.261 e. The predicted molar refractivity (Wildman–Crippen MR) is 108 cm³/mol. The number of aromatic nitrogens is 4. The zero-order valence-electron chi connectivity index (χ0n) is 16.1. The fourth-order valence-electron chi connectivity index (χ4n) is 3.95. The van der Waals surface area contributed by atoms with Crippen LogP contribution < -0.4 is 10.9 Å². The fraction of sp³-hybridized carbons (Fsp3) is 0.429. The number of carbonyl (C=O) groups is 1. The van der Waals surface area contributed by atoms with E-state index in [0.717, 1.165) is 24.2 Å². The largest absolute Gasteiger partial charge is 0.311 e. The van der Waals surface area contributed by atoms with E-state index in [2.05, 4.69) is 15.4 Å². The molecule has 0 bridgehead atoms. The first-order valence-corrected chi connectivity index (χ1v) is 9.91. The highest BCUT2D eigenvalue weighted by atomic mass is 16.2. The van der Waals surface area contributed by atoms with Gasteiger partial charge in [-0.3, -0.25) is 14.2 Å². The van der Waals surface area contributed by atoms with Crippen molar-refractivity contribution < 1.29 is 4.79 Å². The first-order valence-electron chi connectivity index (χ1n) is 9.91. The van der Waals surface area contributed by atoms with Gasteiger partial charge in [-0.1, -0.05) is 31.4 Å².